The van der Waals surface area contributed by atoms with Gasteiger partial charge in [0.05, 0.1) is 0 Å². The lowest BCUT2D eigenvalue weighted by Gasteiger charge is -2.34. The van der Waals surface area contributed by atoms with Crippen molar-refractivity contribution in [3.8, 4) is 0 Å². The highest BCUT2D eigenvalue weighted by Crippen LogP contribution is 2.18. The van der Waals surface area contributed by atoms with E-state index in [0.29, 0.717) is 42.7 Å². The molecule has 0 atom stereocenters. The monoisotopic (exact) mass is 359 g/mol. The third-order valence-electron chi connectivity index (χ3n) is 4.02. The lowest BCUT2D eigenvalue weighted by Crippen LogP contribution is -2.50. The van der Waals surface area contributed by atoms with Crippen LogP contribution in [0, 0.1) is 0 Å². The number of aromatic nitrogens is 2. The van der Waals surface area contributed by atoms with Crippen LogP contribution in [0.3, 0.4) is 0 Å². The fourth-order valence-corrected chi connectivity index (χ4v) is 2.74. The van der Waals surface area contributed by atoms with Crippen molar-refractivity contribution in [1.29, 1.82) is 0 Å². The number of anilines is 2. The van der Waals surface area contributed by atoms with Crippen LogP contribution in [0.2, 0.25) is 5.02 Å². The van der Waals surface area contributed by atoms with Gasteiger partial charge in [0.25, 0.3) is 5.91 Å². The van der Waals surface area contributed by atoms with Gasteiger partial charge in [-0.15, -0.1) is 0 Å². The first-order valence-electron chi connectivity index (χ1n) is 7.92. The number of halogens is 1. The molecule has 130 valence electrons. The van der Waals surface area contributed by atoms with Crippen LogP contribution < -0.4 is 5.32 Å². The molecule has 1 saturated heterocycles. The number of amides is 2. The number of carbonyl (C=O) groups excluding carboxylic acids is 2. The Hall–Kier alpha value is -2.67. The number of hydrogen-bond acceptors (Lipinski definition) is 5. The zero-order valence-corrected chi connectivity index (χ0v) is 14.5. The van der Waals surface area contributed by atoms with Gasteiger partial charge < -0.3 is 15.1 Å². The second kappa shape index (κ2) is 7.48. The topological polar surface area (TPSA) is 78.4 Å². The molecule has 0 bridgehead atoms. The van der Waals surface area contributed by atoms with Gasteiger partial charge >= 0.3 is 0 Å². The van der Waals surface area contributed by atoms with Crippen LogP contribution >= 0.6 is 11.6 Å². The van der Waals surface area contributed by atoms with Crippen LogP contribution in [0.25, 0.3) is 0 Å². The summed E-state index contributed by atoms with van der Waals surface area (Å²) in [5, 5.41) is 3.76. The molecule has 1 aromatic carbocycles. The van der Waals surface area contributed by atoms with Crippen molar-refractivity contribution in [2.75, 3.05) is 31.5 Å². The van der Waals surface area contributed by atoms with Gasteiger partial charge in [0.1, 0.15) is 17.8 Å². The Morgan fingerprint density at radius 1 is 1.04 bits per heavy atom. The zero-order valence-electron chi connectivity index (χ0n) is 13.8. The van der Waals surface area contributed by atoms with Gasteiger partial charge in [-0.1, -0.05) is 11.6 Å². The molecule has 1 N–H and O–H groups in total. The van der Waals surface area contributed by atoms with E-state index in [1.807, 2.05) is 12.1 Å². The molecule has 2 heterocycles. The first kappa shape index (κ1) is 17.2. The van der Waals surface area contributed by atoms with Crippen molar-refractivity contribution >= 4 is 34.9 Å². The van der Waals surface area contributed by atoms with Gasteiger partial charge in [0.15, 0.2) is 0 Å². The molecule has 8 heteroatoms. The molecule has 1 aromatic heterocycles. The largest absolute Gasteiger partial charge is 0.340 e. The summed E-state index contributed by atoms with van der Waals surface area (Å²) in [6.45, 7) is 3.63. The van der Waals surface area contributed by atoms with E-state index in [2.05, 4.69) is 15.3 Å². The summed E-state index contributed by atoms with van der Waals surface area (Å²) < 4.78 is 0. The Morgan fingerprint density at radius 2 is 1.68 bits per heavy atom. The minimum atomic E-state index is -0.162. The number of benzene rings is 1. The van der Waals surface area contributed by atoms with Crippen molar-refractivity contribution in [1.82, 2.24) is 19.8 Å². The van der Waals surface area contributed by atoms with E-state index in [1.165, 1.54) is 13.3 Å². The van der Waals surface area contributed by atoms with Crippen LogP contribution in [-0.2, 0) is 4.79 Å². The minimum absolute atomic E-state index is 0.0311. The van der Waals surface area contributed by atoms with Gasteiger partial charge in [-0.2, -0.15) is 0 Å². The van der Waals surface area contributed by atoms with E-state index >= 15 is 0 Å². The average Bonchev–Trinajstić information content (AvgIpc) is 2.63. The molecule has 3 rings (SSSR count). The maximum absolute atomic E-state index is 12.6. The minimum Gasteiger partial charge on any atom is -0.340 e. The van der Waals surface area contributed by atoms with E-state index < -0.39 is 0 Å². The molecule has 0 radical (unpaired) electrons. The fraction of sp³-hybridized carbons (Fsp3) is 0.294. The maximum atomic E-state index is 12.6. The summed E-state index contributed by atoms with van der Waals surface area (Å²) in [6, 6.07) is 8.81. The molecule has 1 fully saturated rings. The highest BCUT2D eigenvalue weighted by Gasteiger charge is 2.24. The highest BCUT2D eigenvalue weighted by molar-refractivity contribution is 6.30. The molecule has 2 amide bonds. The molecule has 0 aliphatic carbocycles. The maximum Gasteiger partial charge on any atom is 0.272 e. The van der Waals surface area contributed by atoms with Gasteiger partial charge in [-0.3, -0.25) is 9.59 Å². The Kier molecular flexibility index (Phi) is 5.14. The Morgan fingerprint density at radius 3 is 2.32 bits per heavy atom. The molecule has 25 heavy (non-hydrogen) atoms. The highest BCUT2D eigenvalue weighted by atomic mass is 35.5. The fourth-order valence-electron chi connectivity index (χ4n) is 2.61. The molecule has 2 aromatic rings. The molecule has 0 unspecified atom stereocenters. The summed E-state index contributed by atoms with van der Waals surface area (Å²) in [5.74, 6) is 0.399. The van der Waals surface area contributed by atoms with E-state index in [9.17, 15) is 9.59 Å². The average molecular weight is 360 g/mol. The second-order valence-electron chi connectivity index (χ2n) is 5.72. The first-order chi connectivity index (χ1) is 12.0. The van der Waals surface area contributed by atoms with Crippen LogP contribution in [0.15, 0.2) is 36.7 Å². The number of carbonyl (C=O) groups is 2. The van der Waals surface area contributed by atoms with Gasteiger partial charge in [-0.25, -0.2) is 9.97 Å². The number of hydrogen-bond donors (Lipinski definition) is 1. The molecule has 1 aliphatic heterocycles. The lowest BCUT2D eigenvalue weighted by atomic mass is 10.2. The van der Waals surface area contributed by atoms with Gasteiger partial charge in [-0.05, 0) is 24.3 Å². The summed E-state index contributed by atoms with van der Waals surface area (Å²) in [6.07, 6.45) is 1.36. The van der Waals surface area contributed by atoms with Gasteiger partial charge in [0, 0.05) is 49.9 Å². The number of rotatable bonds is 3. The molecular weight excluding hydrogens is 342 g/mol. The van der Waals surface area contributed by atoms with Crippen LogP contribution in [-0.4, -0.2) is 57.8 Å². The predicted molar refractivity (Wildman–Crippen MR) is 94.9 cm³/mol. The normalized spacial score (nSPS) is 14.3. The zero-order chi connectivity index (χ0) is 17.8. The number of piperazine rings is 1. The second-order valence-corrected chi connectivity index (χ2v) is 6.16. The lowest BCUT2D eigenvalue weighted by molar-refractivity contribution is -0.130. The Bertz CT molecular complexity index is 773. The van der Waals surface area contributed by atoms with E-state index in [1.54, 1.807) is 28.0 Å². The van der Waals surface area contributed by atoms with Crippen LogP contribution in [0.1, 0.15) is 17.4 Å². The molecule has 1 aliphatic rings. The van der Waals surface area contributed by atoms with Crippen molar-refractivity contribution in [2.45, 2.75) is 6.92 Å². The molecular formula is C17H18ClN5O2. The summed E-state index contributed by atoms with van der Waals surface area (Å²) in [7, 11) is 0. The first-order valence-corrected chi connectivity index (χ1v) is 8.30. The van der Waals surface area contributed by atoms with E-state index in [0.717, 1.165) is 5.69 Å². The number of nitrogens with zero attached hydrogens (tertiary/aromatic N) is 4. The van der Waals surface area contributed by atoms with Crippen LogP contribution in [0.4, 0.5) is 11.5 Å². The molecule has 0 saturated carbocycles. The predicted octanol–water partition coefficient (Wildman–Crippen LogP) is 2.18. The van der Waals surface area contributed by atoms with Crippen LogP contribution in [0.5, 0.6) is 0 Å². The summed E-state index contributed by atoms with van der Waals surface area (Å²) in [5.41, 5.74) is 1.14. The third kappa shape index (κ3) is 4.24. The van der Waals surface area contributed by atoms with Crippen molar-refractivity contribution in [3.05, 3.63) is 47.4 Å². The van der Waals surface area contributed by atoms with Gasteiger partial charge in [0.2, 0.25) is 5.91 Å². The van der Waals surface area contributed by atoms with E-state index in [-0.39, 0.29) is 11.8 Å². The van der Waals surface area contributed by atoms with Crippen molar-refractivity contribution in [3.63, 3.8) is 0 Å². The quantitative estimate of drug-likeness (QED) is 0.908. The van der Waals surface area contributed by atoms with Crippen molar-refractivity contribution < 1.29 is 9.59 Å². The third-order valence-corrected chi connectivity index (χ3v) is 4.27. The Balaban J connectivity index is 1.67. The van der Waals surface area contributed by atoms with E-state index in [4.69, 9.17) is 11.6 Å². The number of nitrogens with one attached hydrogen (secondary N) is 1. The van der Waals surface area contributed by atoms with Crippen molar-refractivity contribution in [2.24, 2.45) is 0 Å². The summed E-state index contributed by atoms with van der Waals surface area (Å²) in [4.78, 5) is 35.6. The Labute approximate surface area is 150 Å². The SMILES string of the molecule is CC(=O)N1CCN(C(=O)c2cc(Nc3ccc(Cl)cc3)ncn2)CC1. The smallest absolute Gasteiger partial charge is 0.272 e. The standard InChI is InChI=1S/C17H18ClN5O2/c1-12(24)22-6-8-23(9-7-22)17(25)15-10-16(20-11-19-15)21-14-4-2-13(18)3-5-14/h2-5,10-11H,6-9H2,1H3,(H,19,20,21). The molecule has 7 nitrogen and oxygen atoms in total. The summed E-state index contributed by atoms with van der Waals surface area (Å²) >= 11 is 5.87. The molecule has 0 spiro atoms.